The van der Waals surface area contributed by atoms with Crippen molar-refractivity contribution in [2.75, 3.05) is 0 Å². The quantitative estimate of drug-likeness (QED) is 0.222. The molecule has 4 rings (SSSR count). The number of fused-ring (bicyclic) bond motifs is 1. The number of benzene rings is 3. The van der Waals surface area contributed by atoms with Gasteiger partial charge in [0.1, 0.15) is 5.75 Å². The van der Waals surface area contributed by atoms with Gasteiger partial charge in [0.05, 0.1) is 17.6 Å². The van der Waals surface area contributed by atoms with E-state index in [1.54, 1.807) is 0 Å². The SMILES string of the molecule is CCCCCC1CCC(C(=O)Oc2ccc3cc(-c4ccc(C#N)cc4)ccc3c2)CC1. The normalized spacial score (nSPS) is 18.2. The van der Waals surface area contributed by atoms with Crippen molar-refractivity contribution in [3.05, 3.63) is 66.2 Å². The molecule has 3 aromatic rings. The summed E-state index contributed by atoms with van der Waals surface area (Å²) >= 11 is 0. The molecule has 0 saturated heterocycles. The van der Waals surface area contributed by atoms with E-state index in [9.17, 15) is 4.79 Å². The molecule has 1 aliphatic rings. The first-order chi connectivity index (χ1) is 15.7. The number of nitriles is 1. The number of ether oxygens (including phenoxy) is 1. The van der Waals surface area contributed by atoms with Crippen LogP contribution in [0.1, 0.15) is 63.9 Å². The Labute approximate surface area is 191 Å². The van der Waals surface area contributed by atoms with Crippen LogP contribution < -0.4 is 4.74 Å². The van der Waals surface area contributed by atoms with Gasteiger partial charge >= 0.3 is 5.97 Å². The van der Waals surface area contributed by atoms with Crippen LogP contribution in [0.5, 0.6) is 5.75 Å². The van der Waals surface area contributed by atoms with Crippen LogP contribution in [0.4, 0.5) is 0 Å². The summed E-state index contributed by atoms with van der Waals surface area (Å²) in [4.78, 5) is 12.7. The second-order valence-electron chi connectivity index (χ2n) is 9.05. The van der Waals surface area contributed by atoms with Crippen LogP contribution in [0.15, 0.2) is 60.7 Å². The Morgan fingerprint density at radius 3 is 2.31 bits per heavy atom. The maximum atomic E-state index is 12.7. The standard InChI is InChI=1S/C29H31NO2/c1-2-3-4-5-21-6-12-24(13-7-21)29(31)32-28-17-16-26-18-25(14-15-27(26)19-28)23-10-8-22(20-30)9-11-23/h8-11,14-19,21,24H,2-7,12-13H2,1H3. The van der Waals surface area contributed by atoms with E-state index in [-0.39, 0.29) is 11.9 Å². The summed E-state index contributed by atoms with van der Waals surface area (Å²) in [6, 6.07) is 21.9. The van der Waals surface area contributed by atoms with Crippen LogP contribution in [0.3, 0.4) is 0 Å². The third kappa shape index (κ3) is 5.37. The van der Waals surface area contributed by atoms with Crippen molar-refractivity contribution in [3.63, 3.8) is 0 Å². The maximum Gasteiger partial charge on any atom is 0.314 e. The van der Waals surface area contributed by atoms with Crippen molar-refractivity contribution in [1.82, 2.24) is 0 Å². The van der Waals surface area contributed by atoms with Gasteiger partial charge < -0.3 is 4.74 Å². The number of hydrogen-bond donors (Lipinski definition) is 0. The number of carbonyl (C=O) groups is 1. The highest BCUT2D eigenvalue weighted by Crippen LogP contribution is 2.33. The second-order valence-corrected chi connectivity index (χ2v) is 9.05. The number of nitrogens with zero attached hydrogens (tertiary/aromatic N) is 1. The van der Waals surface area contributed by atoms with Gasteiger partial charge in [0, 0.05) is 0 Å². The minimum atomic E-state index is -0.0782. The zero-order valence-electron chi connectivity index (χ0n) is 18.8. The molecule has 0 aromatic heterocycles. The molecule has 0 bridgehead atoms. The van der Waals surface area contributed by atoms with E-state index in [1.807, 2.05) is 42.5 Å². The lowest BCUT2D eigenvalue weighted by Crippen LogP contribution is -2.25. The molecule has 0 amide bonds. The number of rotatable bonds is 7. The highest BCUT2D eigenvalue weighted by Gasteiger charge is 2.27. The number of esters is 1. The predicted octanol–water partition coefficient (Wildman–Crippen LogP) is 7.67. The largest absolute Gasteiger partial charge is 0.426 e. The van der Waals surface area contributed by atoms with Gasteiger partial charge in [0.2, 0.25) is 0 Å². The second kappa shape index (κ2) is 10.5. The molecule has 0 aliphatic heterocycles. The Kier molecular flexibility index (Phi) is 7.22. The third-order valence-corrected chi connectivity index (χ3v) is 6.77. The molecule has 3 nitrogen and oxygen atoms in total. The number of unbranched alkanes of at least 4 members (excludes halogenated alkanes) is 2. The number of carbonyl (C=O) groups excluding carboxylic acids is 1. The summed E-state index contributed by atoms with van der Waals surface area (Å²) < 4.78 is 5.77. The summed E-state index contributed by atoms with van der Waals surface area (Å²) in [6.45, 7) is 2.24. The fourth-order valence-corrected chi connectivity index (χ4v) is 4.77. The number of hydrogen-bond acceptors (Lipinski definition) is 3. The Morgan fingerprint density at radius 1 is 0.906 bits per heavy atom. The maximum absolute atomic E-state index is 12.7. The first kappa shape index (κ1) is 22.1. The van der Waals surface area contributed by atoms with Gasteiger partial charge in [-0.2, -0.15) is 5.26 Å². The van der Waals surface area contributed by atoms with Crippen LogP contribution in [0.25, 0.3) is 21.9 Å². The fraction of sp³-hybridized carbons (Fsp3) is 0.379. The molecule has 1 saturated carbocycles. The summed E-state index contributed by atoms with van der Waals surface area (Å²) in [5.41, 5.74) is 2.83. The summed E-state index contributed by atoms with van der Waals surface area (Å²) in [7, 11) is 0. The summed E-state index contributed by atoms with van der Waals surface area (Å²) in [5.74, 6) is 1.37. The first-order valence-electron chi connectivity index (χ1n) is 11.9. The van der Waals surface area contributed by atoms with Gasteiger partial charge in [-0.3, -0.25) is 4.79 Å². The molecule has 3 aromatic carbocycles. The zero-order chi connectivity index (χ0) is 22.3. The third-order valence-electron chi connectivity index (χ3n) is 6.77. The molecule has 0 atom stereocenters. The Hall–Kier alpha value is -3.12. The molecule has 0 spiro atoms. The molecule has 0 radical (unpaired) electrons. The summed E-state index contributed by atoms with van der Waals surface area (Å²) in [6.07, 6.45) is 9.43. The molecule has 164 valence electrons. The minimum Gasteiger partial charge on any atom is -0.426 e. The van der Waals surface area contributed by atoms with Crippen LogP contribution in [-0.2, 0) is 4.79 Å². The minimum absolute atomic E-state index is 0.0341. The zero-order valence-corrected chi connectivity index (χ0v) is 18.8. The predicted molar refractivity (Wildman–Crippen MR) is 129 cm³/mol. The molecular weight excluding hydrogens is 394 g/mol. The van der Waals surface area contributed by atoms with Gasteiger partial charge in [-0.25, -0.2) is 0 Å². The molecule has 1 fully saturated rings. The Bertz CT molecular complexity index is 1100. The summed E-state index contributed by atoms with van der Waals surface area (Å²) in [5, 5.41) is 11.1. The van der Waals surface area contributed by atoms with Crippen LogP contribution in [-0.4, -0.2) is 5.97 Å². The average Bonchev–Trinajstić information content (AvgIpc) is 2.84. The van der Waals surface area contributed by atoms with E-state index < -0.39 is 0 Å². The molecule has 0 heterocycles. The van der Waals surface area contributed by atoms with Crippen molar-refractivity contribution >= 4 is 16.7 Å². The highest BCUT2D eigenvalue weighted by atomic mass is 16.5. The van der Waals surface area contributed by atoms with E-state index in [4.69, 9.17) is 10.00 Å². The smallest absolute Gasteiger partial charge is 0.314 e. The lowest BCUT2D eigenvalue weighted by atomic mass is 9.80. The molecule has 1 aliphatic carbocycles. The fourth-order valence-electron chi connectivity index (χ4n) is 4.77. The van der Waals surface area contributed by atoms with E-state index in [0.29, 0.717) is 11.3 Å². The van der Waals surface area contributed by atoms with Gasteiger partial charge in [-0.15, -0.1) is 0 Å². The topological polar surface area (TPSA) is 50.1 Å². The molecular formula is C29H31NO2. The lowest BCUT2D eigenvalue weighted by molar-refractivity contribution is -0.140. The van der Waals surface area contributed by atoms with E-state index in [2.05, 4.69) is 31.2 Å². The van der Waals surface area contributed by atoms with Crippen LogP contribution in [0, 0.1) is 23.2 Å². The van der Waals surface area contributed by atoms with Gasteiger partial charge in [-0.1, -0.05) is 62.9 Å². The van der Waals surface area contributed by atoms with Crippen molar-refractivity contribution in [2.45, 2.75) is 58.3 Å². The van der Waals surface area contributed by atoms with Crippen LogP contribution >= 0.6 is 0 Å². The van der Waals surface area contributed by atoms with E-state index >= 15 is 0 Å². The Morgan fingerprint density at radius 2 is 1.59 bits per heavy atom. The lowest BCUT2D eigenvalue weighted by Gasteiger charge is -2.27. The van der Waals surface area contributed by atoms with Gasteiger partial charge in [-0.05, 0) is 83.8 Å². The monoisotopic (exact) mass is 425 g/mol. The van der Waals surface area contributed by atoms with Crippen molar-refractivity contribution in [1.29, 1.82) is 5.26 Å². The van der Waals surface area contributed by atoms with Gasteiger partial charge in [0.25, 0.3) is 0 Å². The van der Waals surface area contributed by atoms with Crippen LogP contribution in [0.2, 0.25) is 0 Å². The molecule has 3 heteroatoms. The molecule has 32 heavy (non-hydrogen) atoms. The van der Waals surface area contributed by atoms with E-state index in [1.165, 1.54) is 25.7 Å². The van der Waals surface area contributed by atoms with Crippen molar-refractivity contribution < 1.29 is 9.53 Å². The van der Waals surface area contributed by atoms with E-state index in [0.717, 1.165) is 53.5 Å². The average molecular weight is 426 g/mol. The van der Waals surface area contributed by atoms with Gasteiger partial charge in [0.15, 0.2) is 0 Å². The first-order valence-corrected chi connectivity index (χ1v) is 11.9. The Balaban J connectivity index is 1.37. The van der Waals surface area contributed by atoms with Crippen molar-refractivity contribution in [2.24, 2.45) is 11.8 Å². The molecule has 0 unspecified atom stereocenters. The van der Waals surface area contributed by atoms with Crippen molar-refractivity contribution in [3.8, 4) is 22.9 Å². The molecule has 0 N–H and O–H groups in total. The highest BCUT2D eigenvalue weighted by molar-refractivity contribution is 5.89.